The van der Waals surface area contributed by atoms with Gasteiger partial charge in [0, 0.05) is 43.7 Å². The van der Waals surface area contributed by atoms with Crippen LogP contribution in [0, 0.1) is 0 Å². The fraction of sp³-hybridized carbons (Fsp3) is 0.448. The van der Waals surface area contributed by atoms with Crippen molar-refractivity contribution in [1.82, 2.24) is 19.9 Å². The molecular weight excluding hydrogens is 468 g/mol. The van der Waals surface area contributed by atoms with Crippen LogP contribution >= 0.6 is 0 Å². The van der Waals surface area contributed by atoms with Crippen molar-refractivity contribution in [3.63, 3.8) is 0 Å². The maximum Gasteiger partial charge on any atom is 0.410 e. The number of amides is 2. The summed E-state index contributed by atoms with van der Waals surface area (Å²) >= 11 is 0. The van der Waals surface area contributed by atoms with Gasteiger partial charge in [-0.1, -0.05) is 35.5 Å². The van der Waals surface area contributed by atoms with Crippen molar-refractivity contribution in [2.24, 2.45) is 0 Å². The molecule has 5 rings (SSSR count). The zero-order valence-electron chi connectivity index (χ0n) is 22.1. The van der Waals surface area contributed by atoms with Crippen LogP contribution in [0.15, 0.2) is 59.1 Å². The normalized spacial score (nSPS) is 19.7. The molecule has 1 aromatic heterocycles. The van der Waals surface area contributed by atoms with Gasteiger partial charge in [-0.2, -0.15) is 4.98 Å². The van der Waals surface area contributed by atoms with Gasteiger partial charge in [0.2, 0.25) is 0 Å². The Bertz CT molecular complexity index is 1270. The highest BCUT2D eigenvalue weighted by Gasteiger charge is 2.55. The van der Waals surface area contributed by atoms with E-state index in [0.29, 0.717) is 29.7 Å². The molecule has 0 aliphatic heterocycles. The van der Waals surface area contributed by atoms with E-state index in [9.17, 15) is 9.59 Å². The first kappa shape index (κ1) is 25.0. The van der Waals surface area contributed by atoms with Gasteiger partial charge in [0.15, 0.2) is 5.82 Å². The van der Waals surface area contributed by atoms with Crippen LogP contribution in [0.1, 0.15) is 67.7 Å². The number of nitrogens with zero attached hydrogens (tertiary/aromatic N) is 4. The first-order valence-electron chi connectivity index (χ1n) is 12.8. The van der Waals surface area contributed by atoms with Gasteiger partial charge in [-0.15, -0.1) is 0 Å². The molecule has 1 unspecified atom stereocenters. The summed E-state index contributed by atoms with van der Waals surface area (Å²) in [5, 5.41) is 4.32. The zero-order chi connectivity index (χ0) is 26.4. The van der Waals surface area contributed by atoms with Crippen molar-refractivity contribution in [1.29, 1.82) is 0 Å². The Morgan fingerprint density at radius 1 is 1.05 bits per heavy atom. The molecule has 1 heterocycles. The van der Waals surface area contributed by atoms with Crippen molar-refractivity contribution in [2.45, 2.75) is 63.0 Å². The Hall–Kier alpha value is -3.68. The van der Waals surface area contributed by atoms with Crippen LogP contribution in [-0.2, 0) is 10.2 Å². The van der Waals surface area contributed by atoms with Crippen LogP contribution < -0.4 is 0 Å². The van der Waals surface area contributed by atoms with Crippen molar-refractivity contribution < 1.29 is 18.8 Å². The third-order valence-corrected chi connectivity index (χ3v) is 7.02. The lowest BCUT2D eigenvalue weighted by Crippen LogP contribution is -2.43. The van der Waals surface area contributed by atoms with Crippen LogP contribution in [0.4, 0.5) is 4.79 Å². The molecule has 0 bridgehead atoms. The smallest absolute Gasteiger partial charge is 0.410 e. The van der Waals surface area contributed by atoms with Gasteiger partial charge in [0.25, 0.3) is 11.8 Å². The summed E-state index contributed by atoms with van der Waals surface area (Å²) in [5.41, 5.74) is 1.66. The van der Waals surface area contributed by atoms with Crippen molar-refractivity contribution >= 4 is 12.0 Å². The van der Waals surface area contributed by atoms with E-state index in [2.05, 4.69) is 17.3 Å². The van der Waals surface area contributed by atoms with E-state index in [0.717, 1.165) is 24.8 Å². The Morgan fingerprint density at radius 3 is 2.32 bits per heavy atom. The Balaban J connectivity index is 1.35. The van der Waals surface area contributed by atoms with E-state index in [-0.39, 0.29) is 23.5 Å². The quantitative estimate of drug-likeness (QED) is 0.438. The van der Waals surface area contributed by atoms with Gasteiger partial charge >= 0.3 is 6.09 Å². The van der Waals surface area contributed by atoms with Gasteiger partial charge in [-0.05, 0) is 69.9 Å². The summed E-state index contributed by atoms with van der Waals surface area (Å²) in [6, 6.07) is 17.6. The summed E-state index contributed by atoms with van der Waals surface area (Å²) < 4.78 is 11.4. The van der Waals surface area contributed by atoms with Crippen LogP contribution in [0.5, 0.6) is 0 Å². The van der Waals surface area contributed by atoms with Crippen LogP contribution in [0.25, 0.3) is 11.5 Å². The van der Waals surface area contributed by atoms with E-state index in [4.69, 9.17) is 14.2 Å². The number of carbonyl (C=O) groups excluding carboxylic acids is 2. The van der Waals surface area contributed by atoms with Gasteiger partial charge in [0.1, 0.15) is 5.60 Å². The molecule has 2 aromatic carbocycles. The lowest BCUT2D eigenvalue weighted by atomic mass is 10.1. The van der Waals surface area contributed by atoms with Crippen molar-refractivity contribution in [3.05, 3.63) is 71.5 Å². The summed E-state index contributed by atoms with van der Waals surface area (Å²) in [6.45, 7) is 6.16. The van der Waals surface area contributed by atoms with Gasteiger partial charge in [-0.3, -0.25) is 4.79 Å². The fourth-order valence-electron chi connectivity index (χ4n) is 4.72. The lowest BCUT2D eigenvalue weighted by molar-refractivity contribution is 0.0208. The molecule has 2 aliphatic rings. The minimum atomic E-state index is -0.581. The predicted octanol–water partition coefficient (Wildman–Crippen LogP) is 5.26. The monoisotopic (exact) mass is 502 g/mol. The average Bonchev–Trinajstić information content (AvgIpc) is 3.78. The van der Waals surface area contributed by atoms with Gasteiger partial charge in [-0.25, -0.2) is 4.79 Å². The molecule has 2 atom stereocenters. The van der Waals surface area contributed by atoms with Crippen LogP contribution in [0.2, 0.25) is 0 Å². The SMILES string of the molecule is CN(C)C(=O)c1ccc(-c2nc(C3(CN(C(=O)OC(C)(C)C)[C@H]4CC4c4ccccc4)CC3)no2)cc1. The van der Waals surface area contributed by atoms with Crippen molar-refractivity contribution in [2.75, 3.05) is 20.6 Å². The first-order chi connectivity index (χ1) is 17.6. The maximum atomic E-state index is 13.3. The maximum absolute atomic E-state index is 13.3. The molecule has 8 heteroatoms. The molecular formula is C29H34N4O4. The molecule has 0 spiro atoms. The van der Waals surface area contributed by atoms with Crippen LogP contribution in [0.3, 0.4) is 0 Å². The van der Waals surface area contributed by atoms with E-state index in [1.807, 2.05) is 56.0 Å². The van der Waals surface area contributed by atoms with Crippen LogP contribution in [-0.4, -0.2) is 64.2 Å². The molecule has 8 nitrogen and oxygen atoms in total. The number of benzene rings is 2. The average molecular weight is 503 g/mol. The van der Waals surface area contributed by atoms with Gasteiger partial charge < -0.3 is 19.1 Å². The van der Waals surface area contributed by atoms with Gasteiger partial charge in [0.05, 0.1) is 5.41 Å². The number of hydrogen-bond donors (Lipinski definition) is 0. The molecule has 0 saturated heterocycles. The fourth-order valence-corrected chi connectivity index (χ4v) is 4.72. The standard InChI is InChI=1S/C29H34N4O4/c1-28(2,3)36-27(35)33(23-17-22(23)19-9-7-6-8-10-19)18-29(15-16-29)26-30-24(37-31-26)20-11-13-21(14-12-20)25(34)32(4)5/h6-14,22-23H,15-18H2,1-5H3/t22?,23-/m0/s1. The van der Waals surface area contributed by atoms with E-state index < -0.39 is 5.60 Å². The topological polar surface area (TPSA) is 88.8 Å². The Kier molecular flexibility index (Phi) is 6.30. The van der Waals surface area contributed by atoms with E-state index in [1.54, 1.807) is 26.2 Å². The second-order valence-corrected chi connectivity index (χ2v) is 11.4. The minimum absolute atomic E-state index is 0.0641. The molecule has 194 valence electrons. The molecule has 2 fully saturated rings. The summed E-state index contributed by atoms with van der Waals surface area (Å²) in [5.74, 6) is 1.25. The highest BCUT2D eigenvalue weighted by molar-refractivity contribution is 5.94. The second kappa shape index (κ2) is 9.32. The number of rotatable bonds is 7. The predicted molar refractivity (Wildman–Crippen MR) is 139 cm³/mol. The first-order valence-corrected chi connectivity index (χ1v) is 12.8. The highest BCUT2D eigenvalue weighted by Crippen LogP contribution is 2.52. The molecule has 2 aliphatic carbocycles. The molecule has 2 saturated carbocycles. The number of hydrogen-bond acceptors (Lipinski definition) is 6. The Morgan fingerprint density at radius 2 is 1.73 bits per heavy atom. The third kappa shape index (κ3) is 5.38. The highest BCUT2D eigenvalue weighted by atomic mass is 16.6. The minimum Gasteiger partial charge on any atom is -0.444 e. The third-order valence-electron chi connectivity index (χ3n) is 7.02. The zero-order valence-corrected chi connectivity index (χ0v) is 22.1. The van der Waals surface area contributed by atoms with Crippen molar-refractivity contribution in [3.8, 4) is 11.5 Å². The summed E-state index contributed by atoms with van der Waals surface area (Å²) in [6.07, 6.45) is 2.37. The largest absolute Gasteiger partial charge is 0.444 e. The van der Waals surface area contributed by atoms with E-state index >= 15 is 0 Å². The number of carbonyl (C=O) groups is 2. The second-order valence-electron chi connectivity index (χ2n) is 11.4. The number of ether oxygens (including phenoxy) is 1. The Labute approximate surface area is 217 Å². The lowest BCUT2D eigenvalue weighted by Gasteiger charge is -2.30. The molecule has 37 heavy (non-hydrogen) atoms. The molecule has 2 amide bonds. The molecule has 0 N–H and O–H groups in total. The summed E-state index contributed by atoms with van der Waals surface area (Å²) in [4.78, 5) is 33.6. The molecule has 0 radical (unpaired) electrons. The number of aromatic nitrogens is 2. The van der Waals surface area contributed by atoms with E-state index in [1.165, 1.54) is 10.5 Å². The summed E-state index contributed by atoms with van der Waals surface area (Å²) in [7, 11) is 3.44. The molecule has 3 aromatic rings.